The molecule has 0 saturated carbocycles. The number of nitrogens with zero attached hydrogens (tertiary/aromatic N) is 2. The fraction of sp³-hybridized carbons (Fsp3) is 0.0667. The van der Waals surface area contributed by atoms with Crippen molar-refractivity contribution in [3.8, 4) is 22.8 Å². The summed E-state index contributed by atoms with van der Waals surface area (Å²) in [5.41, 5.74) is 8.28. The zero-order chi connectivity index (χ0) is 15.0. The Morgan fingerprint density at radius 1 is 1.19 bits per heavy atom. The lowest BCUT2D eigenvalue weighted by Crippen LogP contribution is -1.91. The summed E-state index contributed by atoms with van der Waals surface area (Å²) in [6.45, 7) is 1.78. The van der Waals surface area contributed by atoms with E-state index in [9.17, 15) is 4.39 Å². The molecule has 0 atom stereocenters. The number of nitrogen functional groups attached to an aromatic ring is 1. The van der Waals surface area contributed by atoms with E-state index in [1.807, 2.05) is 0 Å². The summed E-state index contributed by atoms with van der Waals surface area (Å²) in [5.74, 6) is 0.342. The maximum absolute atomic E-state index is 13.1. The van der Waals surface area contributed by atoms with Gasteiger partial charge >= 0.3 is 0 Å². The van der Waals surface area contributed by atoms with E-state index in [0.29, 0.717) is 27.7 Å². The molecule has 0 saturated heterocycles. The first-order valence-corrected chi connectivity index (χ1v) is 6.58. The van der Waals surface area contributed by atoms with Crippen molar-refractivity contribution >= 4 is 17.3 Å². The molecule has 2 N–H and O–H groups in total. The first-order valence-electron chi connectivity index (χ1n) is 6.21. The summed E-state index contributed by atoms with van der Waals surface area (Å²) in [6, 6.07) is 9.56. The van der Waals surface area contributed by atoms with Crippen molar-refractivity contribution in [3.05, 3.63) is 52.8 Å². The molecule has 0 spiro atoms. The predicted molar refractivity (Wildman–Crippen MR) is 79.3 cm³/mol. The summed E-state index contributed by atoms with van der Waals surface area (Å²) >= 11 is 5.97. The zero-order valence-corrected chi connectivity index (χ0v) is 11.9. The molecule has 0 amide bonds. The van der Waals surface area contributed by atoms with E-state index in [2.05, 4.69) is 10.1 Å². The number of aryl methyl sites for hydroxylation is 1. The summed E-state index contributed by atoms with van der Waals surface area (Å²) in [6.07, 6.45) is 0. The number of hydrogen-bond acceptors (Lipinski definition) is 4. The van der Waals surface area contributed by atoms with Crippen molar-refractivity contribution < 1.29 is 8.91 Å². The number of aromatic nitrogens is 2. The number of para-hydroxylation sites is 1. The van der Waals surface area contributed by atoms with Crippen LogP contribution >= 0.6 is 11.6 Å². The molecule has 1 heterocycles. The summed E-state index contributed by atoms with van der Waals surface area (Å²) < 4.78 is 18.4. The van der Waals surface area contributed by atoms with E-state index in [0.717, 1.165) is 5.56 Å². The van der Waals surface area contributed by atoms with Gasteiger partial charge in [0.25, 0.3) is 5.89 Å². The molecule has 0 aliphatic heterocycles. The standard InChI is InChI=1S/C15H11ClFN3O/c1-8-7-9(17)5-6-10(8)14-19-15(21-20-14)11-3-2-4-12(16)13(11)18/h2-7H,18H2,1H3. The van der Waals surface area contributed by atoms with Gasteiger partial charge < -0.3 is 10.3 Å². The quantitative estimate of drug-likeness (QED) is 0.724. The number of anilines is 1. The number of nitrogens with two attached hydrogens (primary N) is 1. The molecule has 1 aromatic heterocycles. The molecule has 3 aromatic rings. The Labute approximate surface area is 125 Å². The van der Waals surface area contributed by atoms with Crippen LogP contribution < -0.4 is 5.73 Å². The second-order valence-electron chi connectivity index (χ2n) is 4.58. The number of benzene rings is 2. The second kappa shape index (κ2) is 5.18. The van der Waals surface area contributed by atoms with E-state index in [1.165, 1.54) is 12.1 Å². The average Bonchev–Trinajstić information content (AvgIpc) is 2.91. The highest BCUT2D eigenvalue weighted by molar-refractivity contribution is 6.33. The van der Waals surface area contributed by atoms with Gasteiger partial charge in [-0.3, -0.25) is 0 Å². The lowest BCUT2D eigenvalue weighted by molar-refractivity contribution is 0.432. The topological polar surface area (TPSA) is 64.9 Å². The Hall–Kier alpha value is -2.40. The Kier molecular flexibility index (Phi) is 3.35. The first-order chi connectivity index (χ1) is 10.1. The van der Waals surface area contributed by atoms with Crippen molar-refractivity contribution in [2.75, 3.05) is 5.73 Å². The van der Waals surface area contributed by atoms with Gasteiger partial charge in [0.05, 0.1) is 16.3 Å². The third kappa shape index (κ3) is 2.48. The molecule has 4 nitrogen and oxygen atoms in total. The SMILES string of the molecule is Cc1cc(F)ccc1-c1noc(-c2cccc(Cl)c2N)n1. The second-order valence-corrected chi connectivity index (χ2v) is 4.99. The fourth-order valence-electron chi connectivity index (χ4n) is 2.04. The van der Waals surface area contributed by atoms with E-state index >= 15 is 0 Å². The highest BCUT2D eigenvalue weighted by Gasteiger charge is 2.15. The van der Waals surface area contributed by atoms with Crippen molar-refractivity contribution in [2.45, 2.75) is 6.92 Å². The van der Waals surface area contributed by atoms with Crippen LogP contribution in [0.15, 0.2) is 40.9 Å². The molecular weight excluding hydrogens is 293 g/mol. The Morgan fingerprint density at radius 2 is 2.00 bits per heavy atom. The van der Waals surface area contributed by atoms with Crippen LogP contribution in [0.4, 0.5) is 10.1 Å². The summed E-state index contributed by atoms with van der Waals surface area (Å²) in [7, 11) is 0. The Bertz CT molecular complexity index is 816. The van der Waals surface area contributed by atoms with Crippen LogP contribution in [0.25, 0.3) is 22.8 Å². The molecular formula is C15H11ClFN3O. The summed E-state index contributed by atoms with van der Waals surface area (Å²) in [4.78, 5) is 4.30. The lowest BCUT2D eigenvalue weighted by Gasteiger charge is -2.02. The average molecular weight is 304 g/mol. The molecule has 2 aromatic carbocycles. The predicted octanol–water partition coefficient (Wildman–Crippen LogP) is 4.09. The molecule has 0 radical (unpaired) electrons. The molecule has 106 valence electrons. The van der Waals surface area contributed by atoms with Crippen LogP contribution in [0.2, 0.25) is 5.02 Å². The molecule has 3 rings (SSSR count). The van der Waals surface area contributed by atoms with Crippen LogP contribution in [0.3, 0.4) is 0 Å². The van der Waals surface area contributed by atoms with Gasteiger partial charge in [0, 0.05) is 5.56 Å². The lowest BCUT2D eigenvalue weighted by atomic mass is 10.1. The molecule has 0 aliphatic carbocycles. The molecule has 6 heteroatoms. The maximum atomic E-state index is 13.1. The van der Waals surface area contributed by atoms with Crippen LogP contribution in [-0.4, -0.2) is 10.1 Å². The minimum Gasteiger partial charge on any atom is -0.397 e. The largest absolute Gasteiger partial charge is 0.397 e. The van der Waals surface area contributed by atoms with Gasteiger partial charge in [-0.1, -0.05) is 22.8 Å². The minimum absolute atomic E-state index is 0.272. The van der Waals surface area contributed by atoms with E-state index in [1.54, 1.807) is 31.2 Å². The molecule has 0 unspecified atom stereocenters. The number of halogens is 2. The molecule has 0 bridgehead atoms. The Morgan fingerprint density at radius 3 is 2.76 bits per heavy atom. The molecule has 21 heavy (non-hydrogen) atoms. The number of rotatable bonds is 2. The van der Waals surface area contributed by atoms with E-state index in [-0.39, 0.29) is 11.7 Å². The minimum atomic E-state index is -0.306. The smallest absolute Gasteiger partial charge is 0.260 e. The van der Waals surface area contributed by atoms with Crippen LogP contribution in [-0.2, 0) is 0 Å². The Balaban J connectivity index is 2.06. The van der Waals surface area contributed by atoms with Gasteiger partial charge in [-0.2, -0.15) is 4.98 Å². The van der Waals surface area contributed by atoms with Crippen molar-refractivity contribution in [1.29, 1.82) is 0 Å². The third-order valence-corrected chi connectivity index (χ3v) is 3.47. The van der Waals surface area contributed by atoms with Gasteiger partial charge in [0.15, 0.2) is 0 Å². The van der Waals surface area contributed by atoms with Gasteiger partial charge in [-0.05, 0) is 42.8 Å². The van der Waals surface area contributed by atoms with Gasteiger partial charge in [0.2, 0.25) is 5.82 Å². The highest BCUT2D eigenvalue weighted by atomic mass is 35.5. The van der Waals surface area contributed by atoms with Crippen molar-refractivity contribution in [1.82, 2.24) is 10.1 Å². The maximum Gasteiger partial charge on any atom is 0.260 e. The fourth-order valence-corrected chi connectivity index (χ4v) is 2.22. The van der Waals surface area contributed by atoms with Crippen LogP contribution in [0.5, 0.6) is 0 Å². The van der Waals surface area contributed by atoms with Crippen LogP contribution in [0, 0.1) is 12.7 Å². The normalized spacial score (nSPS) is 10.8. The summed E-state index contributed by atoms with van der Waals surface area (Å²) in [5, 5.41) is 4.34. The van der Waals surface area contributed by atoms with E-state index in [4.69, 9.17) is 21.9 Å². The van der Waals surface area contributed by atoms with Gasteiger partial charge in [-0.15, -0.1) is 0 Å². The highest BCUT2D eigenvalue weighted by Crippen LogP contribution is 2.32. The zero-order valence-electron chi connectivity index (χ0n) is 11.1. The first kappa shape index (κ1) is 13.6. The monoisotopic (exact) mass is 303 g/mol. The van der Waals surface area contributed by atoms with Crippen molar-refractivity contribution in [3.63, 3.8) is 0 Å². The molecule has 0 fully saturated rings. The third-order valence-electron chi connectivity index (χ3n) is 3.14. The van der Waals surface area contributed by atoms with Gasteiger partial charge in [0.1, 0.15) is 5.82 Å². The van der Waals surface area contributed by atoms with Crippen molar-refractivity contribution in [2.24, 2.45) is 0 Å². The molecule has 0 aliphatic rings. The van der Waals surface area contributed by atoms with Gasteiger partial charge in [-0.25, -0.2) is 4.39 Å². The number of hydrogen-bond donors (Lipinski definition) is 1. The van der Waals surface area contributed by atoms with Crippen LogP contribution in [0.1, 0.15) is 5.56 Å². The van der Waals surface area contributed by atoms with E-state index < -0.39 is 0 Å².